The molecular weight excluding hydrogens is 183 g/mol. The van der Waals surface area contributed by atoms with Gasteiger partial charge in [0.15, 0.2) is 5.82 Å². The Morgan fingerprint density at radius 2 is 2.14 bits per heavy atom. The molecule has 2 N–H and O–H groups in total. The largest absolute Gasteiger partial charge is 0.336 e. The van der Waals surface area contributed by atoms with Crippen molar-refractivity contribution >= 4 is 5.95 Å². The zero-order chi connectivity index (χ0) is 9.71. The van der Waals surface area contributed by atoms with E-state index in [4.69, 9.17) is 5.73 Å². The van der Waals surface area contributed by atoms with Crippen molar-refractivity contribution in [2.24, 2.45) is 11.7 Å². The number of fused-ring (bicyclic) bond motifs is 1. The first-order chi connectivity index (χ1) is 6.75. The second kappa shape index (κ2) is 2.63. The van der Waals surface area contributed by atoms with Crippen LogP contribution in [0.2, 0.25) is 0 Å². The maximum atomic E-state index is 12.6. The highest BCUT2D eigenvalue weighted by Gasteiger charge is 2.50. The monoisotopic (exact) mass is 194 g/mol. The number of halogens is 1. The zero-order valence-corrected chi connectivity index (χ0v) is 7.60. The third-order valence-electron chi connectivity index (χ3n) is 3.23. The number of aromatic nitrogens is 2. The van der Waals surface area contributed by atoms with Crippen molar-refractivity contribution in [1.82, 2.24) is 9.97 Å². The van der Waals surface area contributed by atoms with Gasteiger partial charge < -0.3 is 10.6 Å². The normalized spacial score (nSPS) is 34.4. The van der Waals surface area contributed by atoms with Gasteiger partial charge in [-0.3, -0.25) is 0 Å². The molecule has 0 amide bonds. The third-order valence-corrected chi connectivity index (χ3v) is 3.23. The van der Waals surface area contributed by atoms with E-state index in [1.807, 2.05) is 0 Å². The smallest absolute Gasteiger partial charge is 0.225 e. The first kappa shape index (κ1) is 8.11. The molecule has 14 heavy (non-hydrogen) atoms. The van der Waals surface area contributed by atoms with E-state index in [-0.39, 0.29) is 6.04 Å². The molecule has 3 aliphatic rings. The van der Waals surface area contributed by atoms with Gasteiger partial charge in [0.2, 0.25) is 5.95 Å². The molecule has 2 bridgehead atoms. The predicted molar refractivity (Wildman–Crippen MR) is 49.2 cm³/mol. The summed E-state index contributed by atoms with van der Waals surface area (Å²) in [6, 6.07) is 0.620. The molecular formula is C9H11FN4. The van der Waals surface area contributed by atoms with Crippen molar-refractivity contribution in [3.05, 3.63) is 18.2 Å². The summed E-state index contributed by atoms with van der Waals surface area (Å²) in [4.78, 5) is 9.99. The van der Waals surface area contributed by atoms with Crippen molar-refractivity contribution in [2.45, 2.75) is 18.5 Å². The van der Waals surface area contributed by atoms with E-state index in [9.17, 15) is 4.39 Å². The zero-order valence-electron chi connectivity index (χ0n) is 7.60. The molecule has 5 heteroatoms. The van der Waals surface area contributed by atoms with Gasteiger partial charge in [-0.1, -0.05) is 0 Å². The number of anilines is 1. The van der Waals surface area contributed by atoms with Gasteiger partial charge in [0.25, 0.3) is 0 Å². The SMILES string of the molecule is NC1C2CC1N(c1ncc(F)cn1)C2. The van der Waals surface area contributed by atoms with E-state index in [0.29, 0.717) is 17.9 Å². The fourth-order valence-corrected chi connectivity index (χ4v) is 2.35. The molecule has 0 spiro atoms. The molecule has 0 aromatic carbocycles. The maximum Gasteiger partial charge on any atom is 0.225 e. The Kier molecular flexibility index (Phi) is 1.53. The average molecular weight is 194 g/mol. The molecule has 3 unspecified atom stereocenters. The summed E-state index contributed by atoms with van der Waals surface area (Å²) < 4.78 is 12.6. The Bertz CT molecular complexity index is 352. The summed E-state index contributed by atoms with van der Waals surface area (Å²) in [5.41, 5.74) is 5.91. The van der Waals surface area contributed by atoms with Crippen LogP contribution in [0.5, 0.6) is 0 Å². The van der Waals surface area contributed by atoms with Gasteiger partial charge in [-0.05, 0) is 12.3 Å². The van der Waals surface area contributed by atoms with Crippen LogP contribution >= 0.6 is 0 Å². The lowest BCUT2D eigenvalue weighted by Crippen LogP contribution is -2.49. The summed E-state index contributed by atoms with van der Waals surface area (Å²) in [7, 11) is 0. The molecule has 4 rings (SSSR count). The lowest BCUT2D eigenvalue weighted by Gasteiger charge is -2.33. The summed E-state index contributed by atoms with van der Waals surface area (Å²) >= 11 is 0. The molecule has 3 atom stereocenters. The fraction of sp³-hybridized carbons (Fsp3) is 0.556. The molecule has 2 saturated heterocycles. The van der Waals surface area contributed by atoms with Crippen LogP contribution in [-0.2, 0) is 0 Å². The molecule has 1 aromatic rings. The van der Waals surface area contributed by atoms with Crippen molar-refractivity contribution < 1.29 is 4.39 Å². The van der Waals surface area contributed by atoms with Crippen LogP contribution in [0.3, 0.4) is 0 Å². The molecule has 2 aliphatic heterocycles. The molecule has 1 aliphatic carbocycles. The summed E-state index contributed by atoms with van der Waals surface area (Å²) in [5, 5.41) is 0. The average Bonchev–Trinajstić information content (AvgIpc) is 2.75. The van der Waals surface area contributed by atoms with Crippen LogP contribution in [0.1, 0.15) is 6.42 Å². The van der Waals surface area contributed by atoms with Crippen molar-refractivity contribution in [1.29, 1.82) is 0 Å². The van der Waals surface area contributed by atoms with E-state index in [2.05, 4.69) is 14.9 Å². The highest BCUT2D eigenvalue weighted by atomic mass is 19.1. The Hall–Kier alpha value is -1.23. The molecule has 74 valence electrons. The Labute approximate surface area is 80.9 Å². The third kappa shape index (κ3) is 0.957. The van der Waals surface area contributed by atoms with Crippen LogP contribution < -0.4 is 10.6 Å². The minimum absolute atomic E-state index is 0.253. The minimum Gasteiger partial charge on any atom is -0.336 e. The Balaban J connectivity index is 1.87. The van der Waals surface area contributed by atoms with Crippen molar-refractivity contribution in [3.63, 3.8) is 0 Å². The van der Waals surface area contributed by atoms with Gasteiger partial charge in [-0.2, -0.15) is 0 Å². The molecule has 3 fully saturated rings. The maximum absolute atomic E-state index is 12.6. The summed E-state index contributed by atoms with van der Waals surface area (Å²) in [6.07, 6.45) is 3.52. The van der Waals surface area contributed by atoms with Gasteiger partial charge in [-0.15, -0.1) is 0 Å². The first-order valence-electron chi connectivity index (χ1n) is 4.75. The number of hydrogen-bond acceptors (Lipinski definition) is 4. The second-order valence-electron chi connectivity index (χ2n) is 3.99. The number of hydrogen-bond donors (Lipinski definition) is 1. The molecule has 0 radical (unpaired) electrons. The van der Waals surface area contributed by atoms with Gasteiger partial charge >= 0.3 is 0 Å². The lowest BCUT2D eigenvalue weighted by atomic mass is 9.81. The van der Waals surface area contributed by atoms with E-state index in [1.165, 1.54) is 12.4 Å². The van der Waals surface area contributed by atoms with Crippen LogP contribution in [-0.4, -0.2) is 28.6 Å². The van der Waals surface area contributed by atoms with Crippen LogP contribution in [0.15, 0.2) is 12.4 Å². The molecule has 1 aromatic heterocycles. The quantitative estimate of drug-likeness (QED) is 0.691. The number of nitrogens with zero attached hydrogens (tertiary/aromatic N) is 3. The van der Waals surface area contributed by atoms with Crippen molar-refractivity contribution in [2.75, 3.05) is 11.4 Å². The summed E-state index contributed by atoms with van der Waals surface area (Å²) in [6.45, 7) is 0.914. The first-order valence-corrected chi connectivity index (χ1v) is 4.75. The predicted octanol–water partition coefficient (Wildman–Crippen LogP) is 0.151. The fourth-order valence-electron chi connectivity index (χ4n) is 2.35. The van der Waals surface area contributed by atoms with Gasteiger partial charge in [-0.25, -0.2) is 14.4 Å². The Morgan fingerprint density at radius 3 is 2.64 bits per heavy atom. The second-order valence-corrected chi connectivity index (χ2v) is 3.99. The van der Waals surface area contributed by atoms with E-state index < -0.39 is 5.82 Å². The van der Waals surface area contributed by atoms with Gasteiger partial charge in [0.05, 0.1) is 12.4 Å². The van der Waals surface area contributed by atoms with E-state index in [1.54, 1.807) is 0 Å². The topological polar surface area (TPSA) is 55.0 Å². The number of nitrogens with two attached hydrogens (primary N) is 1. The van der Waals surface area contributed by atoms with Crippen LogP contribution in [0, 0.1) is 11.7 Å². The molecule has 4 nitrogen and oxygen atoms in total. The van der Waals surface area contributed by atoms with E-state index >= 15 is 0 Å². The van der Waals surface area contributed by atoms with Gasteiger partial charge in [0.1, 0.15) is 0 Å². The highest BCUT2D eigenvalue weighted by Crippen LogP contribution is 2.40. The van der Waals surface area contributed by atoms with Crippen LogP contribution in [0.25, 0.3) is 0 Å². The van der Waals surface area contributed by atoms with E-state index in [0.717, 1.165) is 13.0 Å². The Morgan fingerprint density at radius 1 is 1.43 bits per heavy atom. The molecule has 3 heterocycles. The lowest BCUT2D eigenvalue weighted by molar-refractivity contribution is 0.311. The van der Waals surface area contributed by atoms with Gasteiger partial charge in [0, 0.05) is 18.6 Å². The highest BCUT2D eigenvalue weighted by molar-refractivity contribution is 5.39. The van der Waals surface area contributed by atoms with Crippen LogP contribution in [0.4, 0.5) is 10.3 Å². The van der Waals surface area contributed by atoms with Crippen molar-refractivity contribution in [3.8, 4) is 0 Å². The summed E-state index contributed by atoms with van der Waals surface area (Å²) in [5.74, 6) is 0.782. The number of rotatable bonds is 1. The standard InChI is InChI=1S/C9H11FN4/c10-6-2-12-9(13-3-6)14-4-5-1-7(14)8(5)11/h2-3,5,7-8H,1,4,11H2. The molecule has 1 saturated carbocycles. The minimum atomic E-state index is -0.399.